The second kappa shape index (κ2) is 9.56. The highest BCUT2D eigenvalue weighted by molar-refractivity contribution is 14.0. The molecule has 0 aliphatic carbocycles. The Hall–Kier alpha value is -1.55. The number of nitrogens with two attached hydrogens (primary N) is 1. The van der Waals surface area contributed by atoms with Crippen molar-refractivity contribution in [1.29, 1.82) is 0 Å². The van der Waals surface area contributed by atoms with Crippen molar-refractivity contribution in [1.82, 2.24) is 4.98 Å². The van der Waals surface area contributed by atoms with E-state index in [4.69, 9.17) is 15.2 Å². The van der Waals surface area contributed by atoms with Gasteiger partial charge >= 0.3 is 0 Å². The summed E-state index contributed by atoms with van der Waals surface area (Å²) in [7, 11) is 3.19. The van der Waals surface area contributed by atoms with Crippen LogP contribution < -0.4 is 20.5 Å². The van der Waals surface area contributed by atoms with Gasteiger partial charge in [-0.1, -0.05) is 0 Å². The molecule has 0 unspecified atom stereocenters. The average molecular weight is 448 g/mol. The number of hydrogen-bond donors (Lipinski definition) is 2. The van der Waals surface area contributed by atoms with E-state index < -0.39 is 0 Å². The van der Waals surface area contributed by atoms with Gasteiger partial charge in [0.2, 0.25) is 0 Å². The third-order valence-electron chi connectivity index (χ3n) is 2.93. The fraction of sp³-hybridized carbons (Fsp3) is 0.333. The molecule has 8 heteroatoms. The van der Waals surface area contributed by atoms with Gasteiger partial charge < -0.3 is 20.5 Å². The summed E-state index contributed by atoms with van der Waals surface area (Å²) < 4.78 is 10.4. The average Bonchev–Trinajstić information content (AvgIpc) is 2.92. The minimum atomic E-state index is 0. The molecule has 0 radical (unpaired) electrons. The number of rotatable bonds is 6. The number of thiazole rings is 1. The van der Waals surface area contributed by atoms with Gasteiger partial charge in [-0.15, -0.1) is 35.3 Å². The Bertz CT molecular complexity index is 661. The Balaban J connectivity index is 0.00000264. The molecule has 0 atom stereocenters. The van der Waals surface area contributed by atoms with Crippen LogP contribution in [0.1, 0.15) is 9.88 Å². The molecule has 2 rings (SSSR count). The van der Waals surface area contributed by atoms with Gasteiger partial charge in [-0.3, -0.25) is 4.99 Å². The number of hydrogen-bond acceptors (Lipinski definition) is 5. The van der Waals surface area contributed by atoms with Crippen molar-refractivity contribution in [3.05, 3.63) is 34.3 Å². The maximum Gasteiger partial charge on any atom is 0.193 e. The van der Waals surface area contributed by atoms with Gasteiger partial charge in [0.25, 0.3) is 0 Å². The first-order chi connectivity index (χ1) is 10.6. The lowest BCUT2D eigenvalue weighted by Gasteiger charge is -2.10. The smallest absolute Gasteiger partial charge is 0.193 e. The summed E-state index contributed by atoms with van der Waals surface area (Å²) in [4.78, 5) is 9.80. The molecular weight excluding hydrogens is 427 g/mol. The second-order valence-electron chi connectivity index (χ2n) is 4.58. The van der Waals surface area contributed by atoms with Gasteiger partial charge in [0.05, 0.1) is 19.2 Å². The molecule has 1 aromatic heterocycles. The number of nitrogens with zero attached hydrogens (tertiary/aromatic N) is 2. The van der Waals surface area contributed by atoms with Crippen LogP contribution in [0.25, 0.3) is 0 Å². The molecular formula is C15H21IN4O2S. The van der Waals surface area contributed by atoms with Crippen LogP contribution in [0.5, 0.6) is 11.5 Å². The third kappa shape index (κ3) is 5.87. The monoisotopic (exact) mass is 448 g/mol. The van der Waals surface area contributed by atoms with Crippen LogP contribution in [0.2, 0.25) is 0 Å². The number of guanidine groups is 1. The van der Waals surface area contributed by atoms with Crippen LogP contribution >= 0.6 is 35.3 Å². The number of aryl methyl sites for hydroxylation is 1. The van der Waals surface area contributed by atoms with Crippen LogP contribution in [0.15, 0.2) is 29.4 Å². The maximum atomic E-state index is 5.89. The van der Waals surface area contributed by atoms with Crippen LogP contribution in [-0.2, 0) is 6.42 Å². The summed E-state index contributed by atoms with van der Waals surface area (Å²) in [5.74, 6) is 1.67. The van der Waals surface area contributed by atoms with Crippen LogP contribution in [-0.4, -0.2) is 31.7 Å². The third-order valence-corrected chi connectivity index (χ3v) is 3.91. The molecule has 6 nitrogen and oxygen atoms in total. The zero-order chi connectivity index (χ0) is 15.9. The molecule has 0 aliphatic heterocycles. The summed E-state index contributed by atoms with van der Waals surface area (Å²) >= 11 is 1.68. The predicted molar refractivity (Wildman–Crippen MR) is 106 cm³/mol. The molecule has 0 bridgehead atoms. The van der Waals surface area contributed by atoms with Gasteiger partial charge in [0, 0.05) is 35.8 Å². The first-order valence-electron chi connectivity index (χ1n) is 6.82. The van der Waals surface area contributed by atoms with Gasteiger partial charge in [-0.05, 0) is 19.1 Å². The number of aromatic nitrogens is 1. The number of benzene rings is 1. The molecule has 0 spiro atoms. The van der Waals surface area contributed by atoms with E-state index in [1.165, 1.54) is 4.88 Å². The highest BCUT2D eigenvalue weighted by Gasteiger charge is 2.05. The van der Waals surface area contributed by atoms with E-state index >= 15 is 0 Å². The summed E-state index contributed by atoms with van der Waals surface area (Å²) in [5, 5.41) is 4.10. The van der Waals surface area contributed by atoms with E-state index in [2.05, 4.69) is 15.3 Å². The molecule has 0 amide bonds. The zero-order valence-electron chi connectivity index (χ0n) is 13.3. The first-order valence-corrected chi connectivity index (χ1v) is 7.64. The van der Waals surface area contributed by atoms with E-state index in [1.807, 2.05) is 31.3 Å². The minimum absolute atomic E-state index is 0. The molecule has 23 heavy (non-hydrogen) atoms. The molecule has 1 heterocycles. The molecule has 1 aromatic carbocycles. The second-order valence-corrected chi connectivity index (χ2v) is 5.90. The van der Waals surface area contributed by atoms with E-state index in [-0.39, 0.29) is 24.0 Å². The Labute approximate surface area is 157 Å². The first kappa shape index (κ1) is 19.5. The fourth-order valence-electron chi connectivity index (χ4n) is 1.89. The van der Waals surface area contributed by atoms with E-state index in [9.17, 15) is 0 Å². The normalized spacial score (nSPS) is 10.8. The van der Waals surface area contributed by atoms with Crippen molar-refractivity contribution in [2.24, 2.45) is 10.7 Å². The van der Waals surface area contributed by atoms with Gasteiger partial charge in [0.15, 0.2) is 17.5 Å². The maximum absolute atomic E-state index is 5.89. The van der Waals surface area contributed by atoms with Crippen molar-refractivity contribution in [2.75, 3.05) is 26.1 Å². The van der Waals surface area contributed by atoms with Crippen LogP contribution in [0.3, 0.4) is 0 Å². The molecule has 3 N–H and O–H groups in total. The van der Waals surface area contributed by atoms with Gasteiger partial charge in [-0.2, -0.15) is 0 Å². The standard InChI is InChI=1S/C15H20N4O2S.HI/c1-10-9-18-14(22-10)6-7-17-15(16)19-11-4-5-12(20-2)13(8-11)21-3;/h4-5,8-9H,6-7H2,1-3H3,(H3,16,17,19);1H. The number of methoxy groups -OCH3 is 2. The molecule has 0 aliphatic rings. The van der Waals surface area contributed by atoms with Crippen molar-refractivity contribution >= 4 is 47.0 Å². The molecule has 0 fully saturated rings. The predicted octanol–water partition coefficient (Wildman–Crippen LogP) is 3.06. The Morgan fingerprint density at radius 2 is 2.04 bits per heavy atom. The summed E-state index contributed by atoms with van der Waals surface area (Å²) in [5.41, 5.74) is 6.68. The molecule has 126 valence electrons. The zero-order valence-corrected chi connectivity index (χ0v) is 16.5. The van der Waals surface area contributed by atoms with E-state index in [0.717, 1.165) is 17.1 Å². The van der Waals surface area contributed by atoms with Crippen molar-refractivity contribution in [3.63, 3.8) is 0 Å². The largest absolute Gasteiger partial charge is 0.493 e. The van der Waals surface area contributed by atoms with Gasteiger partial charge in [0.1, 0.15) is 0 Å². The Morgan fingerprint density at radius 1 is 1.30 bits per heavy atom. The van der Waals surface area contributed by atoms with Crippen molar-refractivity contribution in [2.45, 2.75) is 13.3 Å². The summed E-state index contributed by atoms with van der Waals surface area (Å²) in [6.07, 6.45) is 2.65. The quantitative estimate of drug-likeness (QED) is 0.404. The number of nitrogens with one attached hydrogen (secondary N) is 1. The summed E-state index contributed by atoms with van der Waals surface area (Å²) in [6.45, 7) is 2.64. The lowest BCUT2D eigenvalue weighted by Crippen LogP contribution is -2.23. The summed E-state index contributed by atoms with van der Waals surface area (Å²) in [6, 6.07) is 5.48. The van der Waals surface area contributed by atoms with Crippen molar-refractivity contribution < 1.29 is 9.47 Å². The van der Waals surface area contributed by atoms with E-state index in [1.54, 1.807) is 25.6 Å². The fourth-order valence-corrected chi connectivity index (χ4v) is 2.67. The molecule has 0 saturated carbocycles. The van der Waals surface area contributed by atoms with E-state index in [0.29, 0.717) is 24.0 Å². The Kier molecular flexibility index (Phi) is 8.10. The lowest BCUT2D eigenvalue weighted by atomic mass is 10.3. The van der Waals surface area contributed by atoms with Gasteiger partial charge in [-0.25, -0.2) is 4.98 Å². The van der Waals surface area contributed by atoms with Crippen molar-refractivity contribution in [3.8, 4) is 11.5 Å². The number of aliphatic imine (C=N–C) groups is 1. The topological polar surface area (TPSA) is 81.8 Å². The highest BCUT2D eigenvalue weighted by atomic mass is 127. The Morgan fingerprint density at radius 3 is 2.65 bits per heavy atom. The number of anilines is 1. The minimum Gasteiger partial charge on any atom is -0.493 e. The van der Waals surface area contributed by atoms with Crippen LogP contribution in [0, 0.1) is 6.92 Å². The lowest BCUT2D eigenvalue weighted by molar-refractivity contribution is 0.355. The number of ether oxygens (including phenoxy) is 2. The molecule has 0 saturated heterocycles. The molecule has 2 aromatic rings. The van der Waals surface area contributed by atoms with Crippen LogP contribution in [0.4, 0.5) is 5.69 Å². The highest BCUT2D eigenvalue weighted by Crippen LogP contribution is 2.29. The number of halogens is 1. The SMILES string of the molecule is COc1ccc(NC(N)=NCCc2ncc(C)s2)cc1OC.I.